The summed E-state index contributed by atoms with van der Waals surface area (Å²) in [6.07, 6.45) is 0. The van der Waals surface area contributed by atoms with Gasteiger partial charge in [-0.05, 0) is 57.6 Å². The third-order valence-corrected chi connectivity index (χ3v) is 10.1. The average Bonchev–Trinajstić information content (AvgIpc) is 3.22. The SMILES string of the molecule is CC1(C)c2ccccc2N(c2ccc(-c3ccccc3-c3ccccc3)cc2-c2nc(-c3ccccc3)nc(-c3ccccc3)n2)c2ccccc21. The number of para-hydroxylation sites is 2. The van der Waals surface area contributed by atoms with Crippen LogP contribution >= 0.6 is 0 Å². The number of rotatable bonds is 6. The molecule has 0 saturated heterocycles. The second-order valence-electron chi connectivity index (χ2n) is 13.7. The van der Waals surface area contributed by atoms with E-state index in [9.17, 15) is 0 Å². The molecule has 0 unspecified atom stereocenters. The van der Waals surface area contributed by atoms with Crippen LogP contribution in [0, 0.1) is 0 Å². The number of hydrogen-bond donors (Lipinski definition) is 0. The van der Waals surface area contributed by atoms with E-state index < -0.39 is 0 Å². The average molecular weight is 669 g/mol. The number of fused-ring (bicyclic) bond motifs is 2. The van der Waals surface area contributed by atoms with Crippen molar-refractivity contribution in [3.8, 4) is 56.4 Å². The summed E-state index contributed by atoms with van der Waals surface area (Å²) in [6, 6.07) is 63.8. The Morgan fingerprint density at radius 1 is 0.346 bits per heavy atom. The molecule has 0 fully saturated rings. The maximum atomic E-state index is 5.26. The summed E-state index contributed by atoms with van der Waals surface area (Å²) in [4.78, 5) is 18.0. The van der Waals surface area contributed by atoms with Gasteiger partial charge >= 0.3 is 0 Å². The summed E-state index contributed by atoms with van der Waals surface area (Å²) in [5, 5.41) is 0. The summed E-state index contributed by atoms with van der Waals surface area (Å²) in [5.41, 5.74) is 13.0. The second-order valence-corrected chi connectivity index (χ2v) is 13.7. The van der Waals surface area contributed by atoms with Crippen LogP contribution in [-0.2, 0) is 5.41 Å². The first kappa shape index (κ1) is 31.3. The van der Waals surface area contributed by atoms with Gasteiger partial charge in [-0.3, -0.25) is 0 Å². The van der Waals surface area contributed by atoms with Gasteiger partial charge in [0.1, 0.15) is 0 Å². The van der Waals surface area contributed by atoms with Crippen LogP contribution in [-0.4, -0.2) is 15.0 Å². The Balaban J connectivity index is 1.34. The van der Waals surface area contributed by atoms with Gasteiger partial charge in [-0.2, -0.15) is 0 Å². The Morgan fingerprint density at radius 2 is 0.769 bits per heavy atom. The van der Waals surface area contributed by atoms with Crippen molar-refractivity contribution in [3.63, 3.8) is 0 Å². The standard InChI is InChI=1S/C48H36N4/c1-48(2)40-26-14-16-28-43(40)52(44-29-17-15-27-41(44)48)42-31-30-36(38-25-13-12-24-37(38)33-18-6-3-7-19-33)32-39(42)47-50-45(34-20-8-4-9-21-34)49-46(51-47)35-22-10-5-11-23-35/h3-32H,1-2H3. The zero-order chi connectivity index (χ0) is 35.1. The van der Waals surface area contributed by atoms with E-state index >= 15 is 0 Å². The van der Waals surface area contributed by atoms with E-state index in [2.05, 4.69) is 164 Å². The minimum Gasteiger partial charge on any atom is -0.309 e. The predicted molar refractivity (Wildman–Crippen MR) is 214 cm³/mol. The van der Waals surface area contributed by atoms with Gasteiger partial charge in [-0.15, -0.1) is 0 Å². The lowest BCUT2D eigenvalue weighted by Crippen LogP contribution is -2.30. The molecule has 248 valence electrons. The zero-order valence-electron chi connectivity index (χ0n) is 29.1. The lowest BCUT2D eigenvalue weighted by atomic mass is 9.73. The molecule has 7 aromatic carbocycles. The second kappa shape index (κ2) is 12.9. The highest BCUT2D eigenvalue weighted by molar-refractivity contribution is 5.94. The lowest BCUT2D eigenvalue weighted by molar-refractivity contribution is 0.632. The zero-order valence-corrected chi connectivity index (χ0v) is 29.1. The van der Waals surface area contributed by atoms with E-state index in [0.29, 0.717) is 17.5 Å². The van der Waals surface area contributed by atoms with E-state index in [-0.39, 0.29) is 5.41 Å². The van der Waals surface area contributed by atoms with Crippen LogP contribution in [0.15, 0.2) is 182 Å². The largest absolute Gasteiger partial charge is 0.309 e. The molecule has 0 N–H and O–H groups in total. The molecule has 0 bridgehead atoms. The third-order valence-electron chi connectivity index (χ3n) is 10.1. The van der Waals surface area contributed by atoms with Crippen LogP contribution < -0.4 is 4.90 Å². The number of hydrogen-bond acceptors (Lipinski definition) is 4. The first-order valence-electron chi connectivity index (χ1n) is 17.7. The van der Waals surface area contributed by atoms with Crippen molar-refractivity contribution in [3.05, 3.63) is 193 Å². The van der Waals surface area contributed by atoms with E-state index in [0.717, 1.165) is 44.9 Å². The molecule has 1 aliphatic rings. The molecule has 1 aliphatic heterocycles. The summed E-state index contributed by atoms with van der Waals surface area (Å²) < 4.78 is 0. The van der Waals surface area contributed by atoms with Crippen molar-refractivity contribution in [2.24, 2.45) is 0 Å². The van der Waals surface area contributed by atoms with E-state index in [1.165, 1.54) is 22.3 Å². The molecule has 9 rings (SSSR count). The van der Waals surface area contributed by atoms with Crippen LogP contribution in [0.2, 0.25) is 0 Å². The normalized spacial score (nSPS) is 12.9. The molecule has 8 aromatic rings. The Morgan fingerprint density at radius 3 is 1.31 bits per heavy atom. The summed E-state index contributed by atoms with van der Waals surface area (Å²) >= 11 is 0. The summed E-state index contributed by atoms with van der Waals surface area (Å²) in [5.74, 6) is 1.87. The van der Waals surface area contributed by atoms with Gasteiger partial charge in [0.2, 0.25) is 0 Å². The highest BCUT2D eigenvalue weighted by atomic mass is 15.2. The van der Waals surface area contributed by atoms with Gasteiger partial charge in [-0.1, -0.05) is 172 Å². The minimum atomic E-state index is -0.188. The van der Waals surface area contributed by atoms with Gasteiger partial charge in [0.05, 0.1) is 17.1 Å². The van der Waals surface area contributed by atoms with E-state index in [1.807, 2.05) is 36.4 Å². The van der Waals surface area contributed by atoms with Crippen molar-refractivity contribution >= 4 is 17.1 Å². The monoisotopic (exact) mass is 668 g/mol. The van der Waals surface area contributed by atoms with E-state index in [1.54, 1.807) is 0 Å². The molecule has 0 aliphatic carbocycles. The molecule has 4 heteroatoms. The number of anilines is 3. The third kappa shape index (κ3) is 5.46. The Labute approximate surface area is 304 Å². The first-order chi connectivity index (χ1) is 25.6. The number of nitrogens with zero attached hydrogens (tertiary/aromatic N) is 4. The van der Waals surface area contributed by atoms with Gasteiger partial charge in [0.15, 0.2) is 17.5 Å². The summed E-state index contributed by atoms with van der Waals surface area (Å²) in [6.45, 7) is 4.63. The topological polar surface area (TPSA) is 41.9 Å². The van der Waals surface area contributed by atoms with Gasteiger partial charge in [0, 0.05) is 22.1 Å². The summed E-state index contributed by atoms with van der Waals surface area (Å²) in [7, 11) is 0. The number of benzene rings is 7. The highest BCUT2D eigenvalue weighted by Gasteiger charge is 2.37. The fourth-order valence-electron chi connectivity index (χ4n) is 7.54. The maximum absolute atomic E-state index is 5.26. The lowest BCUT2D eigenvalue weighted by Gasteiger charge is -2.42. The Kier molecular flexibility index (Phi) is 7.78. The van der Waals surface area contributed by atoms with Crippen LogP contribution in [0.1, 0.15) is 25.0 Å². The fourth-order valence-corrected chi connectivity index (χ4v) is 7.54. The molecule has 1 aromatic heterocycles. The molecule has 52 heavy (non-hydrogen) atoms. The molecule has 2 heterocycles. The molecule has 0 radical (unpaired) electrons. The molecule has 4 nitrogen and oxygen atoms in total. The molecular weight excluding hydrogens is 633 g/mol. The smallest absolute Gasteiger partial charge is 0.166 e. The number of aromatic nitrogens is 3. The van der Waals surface area contributed by atoms with Crippen molar-refractivity contribution in [1.82, 2.24) is 15.0 Å². The first-order valence-corrected chi connectivity index (χ1v) is 17.7. The molecule has 0 saturated carbocycles. The van der Waals surface area contributed by atoms with Crippen LogP contribution in [0.25, 0.3) is 56.4 Å². The predicted octanol–water partition coefficient (Wildman–Crippen LogP) is 12.3. The highest BCUT2D eigenvalue weighted by Crippen LogP contribution is 2.53. The molecular formula is C48H36N4. The van der Waals surface area contributed by atoms with Crippen LogP contribution in [0.5, 0.6) is 0 Å². The quantitative estimate of drug-likeness (QED) is 0.177. The minimum absolute atomic E-state index is 0.188. The van der Waals surface area contributed by atoms with Gasteiger partial charge < -0.3 is 4.90 Å². The molecule has 0 amide bonds. The van der Waals surface area contributed by atoms with Crippen LogP contribution in [0.3, 0.4) is 0 Å². The van der Waals surface area contributed by atoms with Crippen molar-refractivity contribution < 1.29 is 0 Å². The fraction of sp³-hybridized carbons (Fsp3) is 0.0625. The van der Waals surface area contributed by atoms with Gasteiger partial charge in [0.25, 0.3) is 0 Å². The van der Waals surface area contributed by atoms with Crippen molar-refractivity contribution in [2.45, 2.75) is 19.3 Å². The molecule has 0 spiro atoms. The van der Waals surface area contributed by atoms with Crippen molar-refractivity contribution in [2.75, 3.05) is 4.90 Å². The maximum Gasteiger partial charge on any atom is 0.166 e. The van der Waals surface area contributed by atoms with Gasteiger partial charge in [-0.25, -0.2) is 15.0 Å². The molecule has 0 atom stereocenters. The Bertz CT molecular complexity index is 2440. The van der Waals surface area contributed by atoms with Crippen LogP contribution in [0.4, 0.5) is 17.1 Å². The van der Waals surface area contributed by atoms with Crippen molar-refractivity contribution in [1.29, 1.82) is 0 Å². The Hall–Kier alpha value is -6.65. The van der Waals surface area contributed by atoms with E-state index in [4.69, 9.17) is 15.0 Å².